The molecular weight excluding hydrogens is 296 g/mol. The number of ether oxygens (including phenoxy) is 1. The Bertz CT molecular complexity index is 698. The van der Waals surface area contributed by atoms with Crippen molar-refractivity contribution in [1.29, 1.82) is 0 Å². The Kier molecular flexibility index (Phi) is 4.59. The first-order valence-electron chi connectivity index (χ1n) is 7.56. The van der Waals surface area contributed by atoms with Gasteiger partial charge in [0.2, 0.25) is 0 Å². The number of rotatable bonds is 5. The van der Waals surface area contributed by atoms with Crippen LogP contribution in [0.5, 0.6) is 5.75 Å². The maximum atomic E-state index is 12.3. The monoisotopic (exact) mass is 316 g/mol. The molecule has 1 unspecified atom stereocenters. The molecule has 4 N–H and O–H groups in total. The number of methoxy groups -OCH3 is 1. The smallest absolute Gasteiger partial charge is 0.272 e. The van der Waals surface area contributed by atoms with E-state index in [4.69, 9.17) is 4.74 Å². The fraction of sp³-hybridized carbons (Fsp3) is 0.375. The van der Waals surface area contributed by atoms with Crippen molar-refractivity contribution in [2.75, 3.05) is 20.2 Å². The number of hydrogen-bond donors (Lipinski definition) is 4. The van der Waals surface area contributed by atoms with Crippen molar-refractivity contribution in [3.8, 4) is 5.75 Å². The maximum absolute atomic E-state index is 12.3. The van der Waals surface area contributed by atoms with Crippen LogP contribution in [0.4, 0.5) is 0 Å². The van der Waals surface area contributed by atoms with Crippen LogP contribution in [0.1, 0.15) is 33.4 Å². The van der Waals surface area contributed by atoms with E-state index in [0.29, 0.717) is 23.6 Å². The zero-order chi connectivity index (χ0) is 16.2. The Balaban J connectivity index is 1.66. The van der Waals surface area contributed by atoms with Crippen LogP contribution < -0.4 is 15.4 Å². The minimum absolute atomic E-state index is 0.0915. The van der Waals surface area contributed by atoms with E-state index in [-0.39, 0.29) is 12.5 Å². The molecule has 0 radical (unpaired) electrons. The second kappa shape index (κ2) is 6.80. The lowest BCUT2D eigenvalue weighted by molar-refractivity contribution is 0.0908. The summed E-state index contributed by atoms with van der Waals surface area (Å²) in [7, 11) is 1.55. The molecule has 0 aliphatic carbocycles. The van der Waals surface area contributed by atoms with Crippen LogP contribution >= 0.6 is 0 Å². The number of aliphatic hydroxyl groups excluding tert-OH is 1. The highest BCUT2D eigenvalue weighted by Crippen LogP contribution is 2.24. The summed E-state index contributed by atoms with van der Waals surface area (Å²) >= 11 is 0. The minimum atomic E-state index is -0.844. The summed E-state index contributed by atoms with van der Waals surface area (Å²) in [6.07, 6.45) is -0.0117. The van der Waals surface area contributed by atoms with E-state index < -0.39 is 6.10 Å². The Labute approximate surface area is 134 Å². The molecule has 3 rings (SSSR count). The lowest BCUT2D eigenvalue weighted by atomic mass is 10.1. The van der Waals surface area contributed by atoms with Crippen molar-refractivity contribution < 1.29 is 14.6 Å². The number of benzene rings is 1. The summed E-state index contributed by atoms with van der Waals surface area (Å²) in [6, 6.07) is 7.20. The standard InChI is InChI=1S/C16H20N4O3/c1-23-14-5-3-2-4-10(14)13(21)9-18-16(22)15-11-8-17-7-6-12(11)19-20-15/h2-5,13,17,21H,6-9H2,1H3,(H,18,22)(H,19,20). The molecule has 7 heteroatoms. The largest absolute Gasteiger partial charge is 0.496 e. The molecule has 1 aliphatic rings. The highest BCUT2D eigenvalue weighted by Gasteiger charge is 2.22. The topological polar surface area (TPSA) is 99.3 Å². The third-order valence-corrected chi connectivity index (χ3v) is 3.98. The molecule has 23 heavy (non-hydrogen) atoms. The molecule has 1 aromatic carbocycles. The van der Waals surface area contributed by atoms with Crippen molar-refractivity contribution in [2.45, 2.75) is 19.1 Å². The SMILES string of the molecule is COc1ccccc1C(O)CNC(=O)c1n[nH]c2c1CNCC2. The van der Waals surface area contributed by atoms with Gasteiger partial charge in [0.1, 0.15) is 5.75 Å². The Morgan fingerprint density at radius 2 is 2.30 bits per heavy atom. The number of nitrogens with one attached hydrogen (secondary N) is 3. The second-order valence-electron chi connectivity index (χ2n) is 5.42. The van der Waals surface area contributed by atoms with E-state index in [2.05, 4.69) is 20.8 Å². The van der Waals surface area contributed by atoms with Gasteiger partial charge in [0.25, 0.3) is 5.91 Å². The van der Waals surface area contributed by atoms with Gasteiger partial charge in [-0.15, -0.1) is 0 Å². The molecule has 0 spiro atoms. The van der Waals surface area contributed by atoms with E-state index in [0.717, 1.165) is 24.2 Å². The molecule has 1 aromatic heterocycles. The highest BCUT2D eigenvalue weighted by molar-refractivity contribution is 5.94. The van der Waals surface area contributed by atoms with Crippen LogP contribution in [0, 0.1) is 0 Å². The van der Waals surface area contributed by atoms with Gasteiger partial charge in [0.05, 0.1) is 13.2 Å². The number of aliphatic hydroxyl groups is 1. The number of carbonyl (C=O) groups is 1. The number of fused-ring (bicyclic) bond motifs is 1. The number of nitrogens with zero attached hydrogens (tertiary/aromatic N) is 1. The van der Waals surface area contributed by atoms with Crippen LogP contribution in [0.25, 0.3) is 0 Å². The van der Waals surface area contributed by atoms with E-state index in [1.54, 1.807) is 19.2 Å². The number of H-pyrrole nitrogens is 1. The lowest BCUT2D eigenvalue weighted by Crippen LogP contribution is -2.31. The summed E-state index contributed by atoms with van der Waals surface area (Å²) in [5.41, 5.74) is 2.93. The molecule has 0 fully saturated rings. The van der Waals surface area contributed by atoms with Crippen LogP contribution in [-0.2, 0) is 13.0 Å². The van der Waals surface area contributed by atoms with E-state index in [9.17, 15) is 9.90 Å². The van der Waals surface area contributed by atoms with Gasteiger partial charge in [-0.1, -0.05) is 18.2 Å². The predicted octanol–water partition coefficient (Wildman–Crippen LogP) is 0.527. The van der Waals surface area contributed by atoms with Crippen molar-refractivity contribution in [3.63, 3.8) is 0 Å². The fourth-order valence-corrected chi connectivity index (χ4v) is 2.74. The summed E-state index contributed by atoms with van der Waals surface area (Å²) in [6.45, 7) is 1.60. The van der Waals surface area contributed by atoms with Gasteiger partial charge in [-0.25, -0.2) is 0 Å². The van der Waals surface area contributed by atoms with E-state index in [1.807, 2.05) is 12.1 Å². The van der Waals surface area contributed by atoms with Crippen molar-refractivity contribution in [3.05, 3.63) is 46.8 Å². The van der Waals surface area contributed by atoms with Gasteiger partial charge in [0, 0.05) is 42.9 Å². The fourth-order valence-electron chi connectivity index (χ4n) is 2.74. The summed E-state index contributed by atoms with van der Waals surface area (Å²) < 4.78 is 5.22. The number of para-hydroxylation sites is 1. The van der Waals surface area contributed by atoms with Crippen LogP contribution in [0.15, 0.2) is 24.3 Å². The number of aromatic nitrogens is 2. The first-order valence-corrected chi connectivity index (χ1v) is 7.56. The zero-order valence-electron chi connectivity index (χ0n) is 12.9. The number of hydrogen-bond acceptors (Lipinski definition) is 5. The van der Waals surface area contributed by atoms with E-state index in [1.165, 1.54) is 0 Å². The summed E-state index contributed by atoms with van der Waals surface area (Å²) in [5, 5.41) is 23.2. The molecule has 1 aliphatic heterocycles. The first-order chi connectivity index (χ1) is 11.2. The molecule has 0 saturated heterocycles. The third kappa shape index (κ3) is 3.20. The molecule has 1 atom stereocenters. The van der Waals surface area contributed by atoms with Crippen molar-refractivity contribution in [2.24, 2.45) is 0 Å². The van der Waals surface area contributed by atoms with Crippen LogP contribution in [0.2, 0.25) is 0 Å². The van der Waals surface area contributed by atoms with Gasteiger partial charge in [-0.05, 0) is 6.07 Å². The quantitative estimate of drug-likeness (QED) is 0.645. The average molecular weight is 316 g/mol. The molecule has 2 heterocycles. The first kappa shape index (κ1) is 15.5. The number of aromatic amines is 1. The van der Waals surface area contributed by atoms with Crippen LogP contribution in [-0.4, -0.2) is 41.4 Å². The molecule has 1 amide bonds. The predicted molar refractivity (Wildman–Crippen MR) is 84.3 cm³/mol. The Morgan fingerprint density at radius 3 is 3.13 bits per heavy atom. The van der Waals surface area contributed by atoms with Crippen LogP contribution in [0.3, 0.4) is 0 Å². The van der Waals surface area contributed by atoms with Gasteiger partial charge >= 0.3 is 0 Å². The molecular formula is C16H20N4O3. The summed E-state index contributed by atoms with van der Waals surface area (Å²) in [5.74, 6) is 0.302. The second-order valence-corrected chi connectivity index (χ2v) is 5.42. The van der Waals surface area contributed by atoms with Crippen molar-refractivity contribution >= 4 is 5.91 Å². The minimum Gasteiger partial charge on any atom is -0.496 e. The molecule has 2 aromatic rings. The normalized spacial score (nSPS) is 14.9. The maximum Gasteiger partial charge on any atom is 0.272 e. The Morgan fingerprint density at radius 1 is 1.48 bits per heavy atom. The Hall–Kier alpha value is -2.38. The highest BCUT2D eigenvalue weighted by atomic mass is 16.5. The summed E-state index contributed by atoms with van der Waals surface area (Å²) in [4.78, 5) is 12.3. The van der Waals surface area contributed by atoms with Gasteiger partial charge in [-0.3, -0.25) is 9.89 Å². The van der Waals surface area contributed by atoms with Crippen molar-refractivity contribution in [1.82, 2.24) is 20.8 Å². The number of amides is 1. The zero-order valence-corrected chi connectivity index (χ0v) is 12.9. The third-order valence-electron chi connectivity index (χ3n) is 3.98. The van der Waals surface area contributed by atoms with Gasteiger partial charge < -0.3 is 20.5 Å². The molecule has 0 bridgehead atoms. The molecule has 7 nitrogen and oxygen atoms in total. The molecule has 122 valence electrons. The average Bonchev–Trinajstić information content (AvgIpc) is 3.03. The van der Waals surface area contributed by atoms with Gasteiger partial charge in [-0.2, -0.15) is 5.10 Å². The van der Waals surface area contributed by atoms with Gasteiger partial charge in [0.15, 0.2) is 5.69 Å². The lowest BCUT2D eigenvalue weighted by Gasteiger charge is -2.16. The van der Waals surface area contributed by atoms with E-state index >= 15 is 0 Å². The number of carbonyl (C=O) groups excluding carboxylic acids is 1. The molecule has 0 saturated carbocycles.